The maximum Gasteiger partial charge on any atom is 0.306 e. The maximum absolute atomic E-state index is 12.8. The predicted molar refractivity (Wildman–Crippen MR) is 266 cm³/mol. The van der Waals surface area contributed by atoms with Gasteiger partial charge in [-0.1, -0.05) is 278 Å². The van der Waals surface area contributed by atoms with E-state index >= 15 is 0 Å². The minimum absolute atomic E-state index is 0.0621. The molecule has 0 bridgehead atoms. The monoisotopic (exact) mass is 877 g/mol. The van der Waals surface area contributed by atoms with Crippen LogP contribution in [0.25, 0.3) is 0 Å². The molecular formula is C56H108O6. The SMILES string of the molecule is CCCCCCCCCCCCCCCCCCC(=O)OC[C@H](COC(=O)CCCCCCCCCCCCCCCC(C)C)OC(=O)CCCCCCCCCCCCCC. The van der Waals surface area contributed by atoms with Crippen molar-refractivity contribution in [1.82, 2.24) is 0 Å². The van der Waals surface area contributed by atoms with Gasteiger partial charge in [0.2, 0.25) is 0 Å². The first-order chi connectivity index (χ1) is 30.4. The molecule has 0 saturated carbocycles. The highest BCUT2D eigenvalue weighted by molar-refractivity contribution is 5.71. The van der Waals surface area contributed by atoms with E-state index in [-0.39, 0.29) is 31.1 Å². The minimum Gasteiger partial charge on any atom is -0.462 e. The average Bonchev–Trinajstić information content (AvgIpc) is 3.26. The van der Waals surface area contributed by atoms with Crippen molar-refractivity contribution in [1.29, 1.82) is 0 Å². The number of carbonyl (C=O) groups excluding carboxylic acids is 3. The summed E-state index contributed by atoms with van der Waals surface area (Å²) in [5, 5.41) is 0. The molecule has 0 unspecified atom stereocenters. The van der Waals surface area contributed by atoms with E-state index < -0.39 is 6.10 Å². The number of ether oxygens (including phenoxy) is 3. The Hall–Kier alpha value is -1.59. The van der Waals surface area contributed by atoms with Crippen LogP contribution in [0.1, 0.15) is 317 Å². The Morgan fingerprint density at radius 2 is 0.532 bits per heavy atom. The number of carbonyl (C=O) groups is 3. The lowest BCUT2D eigenvalue weighted by Gasteiger charge is -2.18. The lowest BCUT2D eigenvalue weighted by molar-refractivity contribution is -0.167. The summed E-state index contributed by atoms with van der Waals surface area (Å²) in [5.74, 6) is 0.00155. The average molecular weight is 877 g/mol. The highest BCUT2D eigenvalue weighted by Crippen LogP contribution is 2.18. The van der Waals surface area contributed by atoms with Gasteiger partial charge in [0.05, 0.1) is 0 Å². The van der Waals surface area contributed by atoms with E-state index in [1.165, 1.54) is 212 Å². The van der Waals surface area contributed by atoms with Crippen molar-refractivity contribution in [3.05, 3.63) is 0 Å². The molecule has 0 aliphatic carbocycles. The fourth-order valence-corrected chi connectivity index (χ4v) is 8.57. The van der Waals surface area contributed by atoms with Gasteiger partial charge >= 0.3 is 17.9 Å². The van der Waals surface area contributed by atoms with Crippen LogP contribution in [0.15, 0.2) is 0 Å². The van der Waals surface area contributed by atoms with Gasteiger partial charge in [-0.3, -0.25) is 14.4 Å². The van der Waals surface area contributed by atoms with Gasteiger partial charge in [0.1, 0.15) is 13.2 Å². The second-order valence-electron chi connectivity index (χ2n) is 19.7. The Kier molecular flexibility index (Phi) is 49.1. The van der Waals surface area contributed by atoms with Crippen molar-refractivity contribution in [2.45, 2.75) is 323 Å². The number of rotatable bonds is 51. The topological polar surface area (TPSA) is 78.9 Å². The summed E-state index contributed by atoms with van der Waals surface area (Å²) in [4.78, 5) is 38.0. The lowest BCUT2D eigenvalue weighted by atomic mass is 10.0. The van der Waals surface area contributed by atoms with Crippen LogP contribution in [0.2, 0.25) is 0 Å². The zero-order chi connectivity index (χ0) is 45.2. The number of unbranched alkanes of at least 4 members (excludes halogenated alkanes) is 38. The van der Waals surface area contributed by atoms with Crippen LogP contribution in [0.4, 0.5) is 0 Å². The smallest absolute Gasteiger partial charge is 0.306 e. The van der Waals surface area contributed by atoms with Crippen LogP contribution in [0.3, 0.4) is 0 Å². The largest absolute Gasteiger partial charge is 0.462 e. The molecule has 0 radical (unpaired) electrons. The highest BCUT2D eigenvalue weighted by Gasteiger charge is 2.19. The number of hydrogen-bond acceptors (Lipinski definition) is 6. The van der Waals surface area contributed by atoms with E-state index in [9.17, 15) is 14.4 Å². The molecule has 6 heteroatoms. The molecule has 0 spiro atoms. The molecule has 62 heavy (non-hydrogen) atoms. The Morgan fingerprint density at radius 1 is 0.306 bits per heavy atom. The molecule has 0 aromatic rings. The van der Waals surface area contributed by atoms with Crippen molar-refractivity contribution in [2.75, 3.05) is 13.2 Å². The van der Waals surface area contributed by atoms with E-state index in [0.717, 1.165) is 63.7 Å². The number of esters is 3. The van der Waals surface area contributed by atoms with Gasteiger partial charge < -0.3 is 14.2 Å². The fraction of sp³-hybridized carbons (Fsp3) is 0.946. The molecule has 0 aromatic heterocycles. The molecule has 6 nitrogen and oxygen atoms in total. The Labute approximate surface area is 387 Å². The number of hydrogen-bond donors (Lipinski definition) is 0. The molecule has 0 rings (SSSR count). The highest BCUT2D eigenvalue weighted by atomic mass is 16.6. The molecule has 0 saturated heterocycles. The van der Waals surface area contributed by atoms with Gasteiger partial charge in [-0.25, -0.2) is 0 Å². The molecule has 368 valence electrons. The van der Waals surface area contributed by atoms with Gasteiger partial charge in [0, 0.05) is 19.3 Å². The molecule has 0 N–H and O–H groups in total. The molecule has 0 aliphatic heterocycles. The van der Waals surface area contributed by atoms with E-state index in [1.54, 1.807) is 0 Å². The normalized spacial score (nSPS) is 12.0. The molecule has 1 atom stereocenters. The first kappa shape index (κ1) is 60.4. The molecule has 0 amide bonds. The van der Waals surface area contributed by atoms with Crippen LogP contribution in [-0.4, -0.2) is 37.2 Å². The Morgan fingerprint density at radius 3 is 0.790 bits per heavy atom. The van der Waals surface area contributed by atoms with Gasteiger partial charge in [-0.2, -0.15) is 0 Å². The summed E-state index contributed by atoms with van der Waals surface area (Å²) in [6.07, 6.45) is 53.7. The fourth-order valence-electron chi connectivity index (χ4n) is 8.57. The first-order valence-electron chi connectivity index (χ1n) is 27.9. The molecule has 0 fully saturated rings. The van der Waals surface area contributed by atoms with Gasteiger partial charge in [-0.05, 0) is 25.2 Å². The summed E-state index contributed by atoms with van der Waals surface area (Å²) < 4.78 is 16.9. The third kappa shape index (κ3) is 49.4. The van der Waals surface area contributed by atoms with Gasteiger partial charge in [0.25, 0.3) is 0 Å². The van der Waals surface area contributed by atoms with Crippen LogP contribution >= 0.6 is 0 Å². The zero-order valence-corrected chi connectivity index (χ0v) is 42.3. The zero-order valence-electron chi connectivity index (χ0n) is 42.3. The molecule has 0 aromatic carbocycles. The maximum atomic E-state index is 12.8. The Balaban J connectivity index is 4.28. The van der Waals surface area contributed by atoms with Crippen molar-refractivity contribution >= 4 is 17.9 Å². The summed E-state index contributed by atoms with van der Waals surface area (Å²) in [6, 6.07) is 0. The quantitative estimate of drug-likeness (QED) is 0.0344. The molecule has 0 heterocycles. The van der Waals surface area contributed by atoms with Gasteiger partial charge in [0.15, 0.2) is 6.10 Å². The third-order valence-electron chi connectivity index (χ3n) is 12.8. The molecular weight excluding hydrogens is 769 g/mol. The van der Waals surface area contributed by atoms with E-state index in [4.69, 9.17) is 14.2 Å². The minimum atomic E-state index is -0.761. The predicted octanol–water partition coefficient (Wildman–Crippen LogP) is 18.2. The van der Waals surface area contributed by atoms with E-state index in [1.807, 2.05) is 0 Å². The van der Waals surface area contributed by atoms with Crippen molar-refractivity contribution in [2.24, 2.45) is 5.92 Å². The second kappa shape index (κ2) is 50.4. The third-order valence-corrected chi connectivity index (χ3v) is 12.8. The summed E-state index contributed by atoms with van der Waals surface area (Å²) in [6.45, 7) is 9.05. The van der Waals surface area contributed by atoms with Crippen molar-refractivity contribution < 1.29 is 28.6 Å². The van der Waals surface area contributed by atoms with Crippen LogP contribution < -0.4 is 0 Å². The summed E-state index contributed by atoms with van der Waals surface area (Å²) >= 11 is 0. The van der Waals surface area contributed by atoms with Crippen molar-refractivity contribution in [3.63, 3.8) is 0 Å². The van der Waals surface area contributed by atoms with Gasteiger partial charge in [-0.15, -0.1) is 0 Å². The van der Waals surface area contributed by atoms with Crippen molar-refractivity contribution in [3.8, 4) is 0 Å². The summed E-state index contributed by atoms with van der Waals surface area (Å²) in [5.41, 5.74) is 0. The van der Waals surface area contributed by atoms with Crippen LogP contribution in [-0.2, 0) is 28.6 Å². The van der Waals surface area contributed by atoms with E-state index in [0.29, 0.717) is 19.3 Å². The second-order valence-corrected chi connectivity index (χ2v) is 19.7. The van der Waals surface area contributed by atoms with Crippen LogP contribution in [0.5, 0.6) is 0 Å². The van der Waals surface area contributed by atoms with Crippen LogP contribution in [0, 0.1) is 5.92 Å². The Bertz CT molecular complexity index is 933. The standard InChI is InChI=1S/C56H108O6/c1-5-7-9-11-13-15-17-19-20-21-24-28-31-35-39-43-47-54(57)60-50-53(62-56(59)49-45-41-37-33-27-18-16-14-12-10-8-6-2)51-61-55(58)48-44-40-36-32-29-25-22-23-26-30-34-38-42-46-52(3)4/h52-53H,5-51H2,1-4H3/t53-/m1/s1. The summed E-state index contributed by atoms with van der Waals surface area (Å²) in [7, 11) is 0. The lowest BCUT2D eigenvalue weighted by Crippen LogP contribution is -2.30. The molecule has 0 aliphatic rings. The first-order valence-corrected chi connectivity index (χ1v) is 27.9. The van der Waals surface area contributed by atoms with E-state index in [2.05, 4.69) is 27.7 Å².